The van der Waals surface area contributed by atoms with E-state index in [1.54, 1.807) is 0 Å². The maximum Gasteiger partial charge on any atom is 0.0710 e. The van der Waals surface area contributed by atoms with Gasteiger partial charge in [0, 0.05) is 23.4 Å². The molecule has 2 atom stereocenters. The SMILES string of the molecule is CC(O)(Cc1ccc(Br)cc1)C1CCOC1. The summed E-state index contributed by atoms with van der Waals surface area (Å²) in [7, 11) is 0. The molecule has 2 nitrogen and oxygen atoms in total. The van der Waals surface area contributed by atoms with E-state index in [4.69, 9.17) is 4.74 Å². The van der Waals surface area contributed by atoms with Crippen LogP contribution < -0.4 is 0 Å². The number of halogens is 1. The summed E-state index contributed by atoms with van der Waals surface area (Å²) in [5, 5.41) is 10.4. The van der Waals surface area contributed by atoms with Gasteiger partial charge in [-0.1, -0.05) is 28.1 Å². The fourth-order valence-electron chi connectivity index (χ4n) is 2.18. The molecule has 2 unspecified atom stereocenters. The second-order valence-electron chi connectivity index (χ2n) is 4.72. The predicted molar refractivity (Wildman–Crippen MR) is 67.4 cm³/mol. The molecular weight excluding hydrogens is 268 g/mol. The molecule has 0 bridgehead atoms. The lowest BCUT2D eigenvalue weighted by atomic mass is 9.83. The highest BCUT2D eigenvalue weighted by atomic mass is 79.9. The van der Waals surface area contributed by atoms with Crippen molar-refractivity contribution in [3.8, 4) is 0 Å². The van der Waals surface area contributed by atoms with Crippen molar-refractivity contribution in [3.05, 3.63) is 34.3 Å². The lowest BCUT2D eigenvalue weighted by Gasteiger charge is -2.29. The molecule has 0 aromatic heterocycles. The van der Waals surface area contributed by atoms with Crippen molar-refractivity contribution in [3.63, 3.8) is 0 Å². The monoisotopic (exact) mass is 284 g/mol. The topological polar surface area (TPSA) is 29.5 Å². The van der Waals surface area contributed by atoms with Gasteiger partial charge in [-0.2, -0.15) is 0 Å². The van der Waals surface area contributed by atoms with Gasteiger partial charge in [0.25, 0.3) is 0 Å². The van der Waals surface area contributed by atoms with Crippen LogP contribution in [-0.2, 0) is 11.2 Å². The molecule has 0 radical (unpaired) electrons. The number of benzene rings is 1. The number of hydrogen-bond acceptors (Lipinski definition) is 2. The highest BCUT2D eigenvalue weighted by molar-refractivity contribution is 9.10. The smallest absolute Gasteiger partial charge is 0.0710 e. The molecule has 0 saturated carbocycles. The molecule has 2 rings (SSSR count). The first-order valence-corrected chi connectivity index (χ1v) is 6.42. The van der Waals surface area contributed by atoms with E-state index in [1.807, 2.05) is 31.2 Å². The number of ether oxygens (including phenoxy) is 1. The third kappa shape index (κ3) is 2.84. The van der Waals surface area contributed by atoms with Crippen molar-refractivity contribution >= 4 is 15.9 Å². The van der Waals surface area contributed by atoms with Crippen LogP contribution in [0.25, 0.3) is 0 Å². The number of rotatable bonds is 3. The highest BCUT2D eigenvalue weighted by Gasteiger charge is 2.34. The fraction of sp³-hybridized carbons (Fsp3) is 0.538. The van der Waals surface area contributed by atoms with Crippen LogP contribution in [0.4, 0.5) is 0 Å². The average Bonchev–Trinajstić information content (AvgIpc) is 2.75. The third-order valence-corrected chi connectivity index (χ3v) is 3.81. The Bertz CT molecular complexity index is 339. The van der Waals surface area contributed by atoms with Gasteiger partial charge in [0.05, 0.1) is 12.2 Å². The van der Waals surface area contributed by atoms with E-state index in [0.717, 1.165) is 17.5 Å². The Hall–Kier alpha value is -0.380. The van der Waals surface area contributed by atoms with E-state index >= 15 is 0 Å². The van der Waals surface area contributed by atoms with Gasteiger partial charge in [-0.25, -0.2) is 0 Å². The molecule has 1 aromatic carbocycles. The number of hydrogen-bond donors (Lipinski definition) is 1. The van der Waals surface area contributed by atoms with Crippen molar-refractivity contribution in [2.24, 2.45) is 5.92 Å². The summed E-state index contributed by atoms with van der Waals surface area (Å²) in [6.45, 7) is 3.37. The Labute approximate surface area is 105 Å². The van der Waals surface area contributed by atoms with Crippen molar-refractivity contribution in [2.45, 2.75) is 25.4 Å². The minimum absolute atomic E-state index is 0.260. The highest BCUT2D eigenvalue weighted by Crippen LogP contribution is 2.29. The van der Waals surface area contributed by atoms with Crippen LogP contribution in [0.3, 0.4) is 0 Å². The average molecular weight is 285 g/mol. The summed E-state index contributed by atoms with van der Waals surface area (Å²) < 4.78 is 6.40. The maximum atomic E-state index is 10.4. The molecule has 1 saturated heterocycles. The minimum Gasteiger partial charge on any atom is -0.389 e. The van der Waals surface area contributed by atoms with Crippen molar-refractivity contribution < 1.29 is 9.84 Å². The van der Waals surface area contributed by atoms with Gasteiger partial charge in [-0.15, -0.1) is 0 Å². The van der Waals surface area contributed by atoms with Crippen LogP contribution in [0.1, 0.15) is 18.9 Å². The molecule has 1 fully saturated rings. The molecule has 1 N–H and O–H groups in total. The molecule has 16 heavy (non-hydrogen) atoms. The van der Waals surface area contributed by atoms with Crippen LogP contribution in [0.5, 0.6) is 0 Å². The Balaban J connectivity index is 2.04. The summed E-state index contributed by atoms with van der Waals surface area (Å²) in [6.07, 6.45) is 1.65. The van der Waals surface area contributed by atoms with Crippen molar-refractivity contribution in [1.82, 2.24) is 0 Å². The first-order chi connectivity index (χ1) is 7.58. The number of aliphatic hydroxyl groups is 1. The molecule has 3 heteroatoms. The van der Waals surface area contributed by atoms with E-state index in [-0.39, 0.29) is 5.92 Å². The van der Waals surface area contributed by atoms with E-state index in [0.29, 0.717) is 13.0 Å². The fourth-order valence-corrected chi connectivity index (χ4v) is 2.45. The molecule has 0 spiro atoms. The third-order valence-electron chi connectivity index (χ3n) is 3.28. The summed E-state index contributed by atoms with van der Waals surface area (Å²) in [5.41, 5.74) is 0.504. The minimum atomic E-state index is -0.662. The van der Waals surface area contributed by atoms with Crippen LogP contribution in [0.2, 0.25) is 0 Å². The molecule has 88 valence electrons. The first kappa shape index (κ1) is 12.1. The van der Waals surface area contributed by atoms with E-state index in [9.17, 15) is 5.11 Å². The van der Waals surface area contributed by atoms with Crippen LogP contribution in [0.15, 0.2) is 28.7 Å². The standard InChI is InChI=1S/C13H17BrO2/c1-13(15,11-6-7-16-9-11)8-10-2-4-12(14)5-3-10/h2-5,11,15H,6-9H2,1H3. The van der Waals surface area contributed by atoms with Gasteiger partial charge in [0.1, 0.15) is 0 Å². The second-order valence-corrected chi connectivity index (χ2v) is 5.64. The molecule has 0 aliphatic carbocycles. The molecular formula is C13H17BrO2. The molecule has 0 amide bonds. The molecule has 1 aromatic rings. The molecule has 1 aliphatic heterocycles. The quantitative estimate of drug-likeness (QED) is 0.925. The van der Waals surface area contributed by atoms with Crippen molar-refractivity contribution in [2.75, 3.05) is 13.2 Å². The van der Waals surface area contributed by atoms with E-state index in [1.165, 1.54) is 5.56 Å². The summed E-state index contributed by atoms with van der Waals surface area (Å²) >= 11 is 3.41. The lowest BCUT2D eigenvalue weighted by molar-refractivity contribution is -0.00454. The zero-order chi connectivity index (χ0) is 11.6. The van der Waals surface area contributed by atoms with Gasteiger partial charge in [0.2, 0.25) is 0 Å². The van der Waals surface area contributed by atoms with Crippen molar-refractivity contribution in [1.29, 1.82) is 0 Å². The Morgan fingerprint density at radius 3 is 2.69 bits per heavy atom. The largest absolute Gasteiger partial charge is 0.389 e. The predicted octanol–water partition coefficient (Wildman–Crippen LogP) is 2.78. The Morgan fingerprint density at radius 2 is 2.12 bits per heavy atom. The van der Waals surface area contributed by atoms with Crippen LogP contribution >= 0.6 is 15.9 Å². The van der Waals surface area contributed by atoms with Gasteiger partial charge < -0.3 is 9.84 Å². The lowest BCUT2D eigenvalue weighted by Crippen LogP contribution is -2.37. The first-order valence-electron chi connectivity index (χ1n) is 5.62. The summed E-state index contributed by atoms with van der Waals surface area (Å²) in [6, 6.07) is 8.12. The second kappa shape index (κ2) is 4.86. The zero-order valence-electron chi connectivity index (χ0n) is 9.45. The normalized spacial score (nSPS) is 24.3. The van der Waals surface area contributed by atoms with E-state index < -0.39 is 5.60 Å². The Morgan fingerprint density at radius 1 is 1.44 bits per heavy atom. The van der Waals surface area contributed by atoms with Gasteiger partial charge in [-0.3, -0.25) is 0 Å². The maximum absolute atomic E-state index is 10.4. The summed E-state index contributed by atoms with van der Waals surface area (Å²) in [5.74, 6) is 0.260. The van der Waals surface area contributed by atoms with Gasteiger partial charge >= 0.3 is 0 Å². The zero-order valence-corrected chi connectivity index (χ0v) is 11.0. The van der Waals surface area contributed by atoms with Crippen LogP contribution in [-0.4, -0.2) is 23.9 Å². The van der Waals surface area contributed by atoms with Crippen LogP contribution in [0, 0.1) is 5.92 Å². The van der Waals surface area contributed by atoms with Gasteiger partial charge in [-0.05, 0) is 31.0 Å². The summed E-state index contributed by atoms with van der Waals surface area (Å²) in [4.78, 5) is 0. The Kier molecular flexibility index (Phi) is 3.67. The molecule has 1 heterocycles. The van der Waals surface area contributed by atoms with Gasteiger partial charge in [0.15, 0.2) is 0 Å². The van der Waals surface area contributed by atoms with E-state index in [2.05, 4.69) is 15.9 Å². The molecule has 1 aliphatic rings.